The van der Waals surface area contributed by atoms with Crippen molar-refractivity contribution >= 4 is 82.4 Å². The van der Waals surface area contributed by atoms with Crippen LogP contribution in [0.3, 0.4) is 0 Å². The van der Waals surface area contributed by atoms with E-state index in [1.807, 2.05) is 0 Å². The van der Waals surface area contributed by atoms with Gasteiger partial charge in [0.2, 0.25) is 0 Å². The van der Waals surface area contributed by atoms with Gasteiger partial charge in [0, 0.05) is 10.8 Å². The summed E-state index contributed by atoms with van der Waals surface area (Å²) < 4.78 is 115. The van der Waals surface area contributed by atoms with Crippen LogP contribution in [0.1, 0.15) is 30.5 Å². The van der Waals surface area contributed by atoms with Gasteiger partial charge in [0.25, 0.3) is 0 Å². The number of hydrogen-bond donors (Lipinski definition) is 2. The molecule has 2 aromatic heterocycles. The van der Waals surface area contributed by atoms with E-state index in [1.165, 1.54) is 46.9 Å². The Balaban J connectivity index is 0.000000210. The Bertz CT molecular complexity index is 2410. The average Bonchev–Trinajstić information content (AvgIpc) is 3.67. The number of alkyl halides is 6. The Labute approximate surface area is 317 Å². The lowest BCUT2D eigenvalue weighted by atomic mass is 10.1. The van der Waals surface area contributed by atoms with Crippen molar-refractivity contribution in [1.29, 1.82) is 0 Å². The molecule has 0 spiro atoms. The Kier molecular flexibility index (Phi) is 12.1. The van der Waals surface area contributed by atoms with E-state index in [9.17, 15) is 45.3 Å². The highest BCUT2D eigenvalue weighted by Gasteiger charge is 2.34. The van der Waals surface area contributed by atoms with Gasteiger partial charge in [0.05, 0.1) is 79.1 Å². The summed E-state index contributed by atoms with van der Waals surface area (Å²) in [5, 5.41) is 8.87. The Hall–Kier alpha value is -3.43. The lowest BCUT2D eigenvalue weighted by molar-refractivity contribution is -0.138. The standard InChI is InChI=1S/C19H19ClF3N2O3P.C14H8Cl2F3N2O3P/c1-4-27-29(26,28-5-2)15-6-7-17-13(9-15)11-24-25(17)18-12(3)8-14(10-16(18)20)19(21,22)23;15-10-4-8(14(17,18)19)5-11(16)13(10)21-12-2-1-9(25(22,23)24)3-7(12)6-20-21/h6-11H,4-5H2,1-3H3;1-6H,(H2,22,23,24). The molecule has 0 atom stereocenters. The minimum Gasteiger partial charge on any atom is -0.321 e. The van der Waals surface area contributed by atoms with E-state index in [1.54, 1.807) is 32.0 Å². The third-order valence-electron chi connectivity index (χ3n) is 7.70. The minimum atomic E-state index is -4.60. The van der Waals surface area contributed by atoms with Gasteiger partial charge in [-0.15, -0.1) is 0 Å². The van der Waals surface area contributed by atoms with Crippen LogP contribution in [0.4, 0.5) is 26.3 Å². The average molecular weight is 858 g/mol. The highest BCUT2D eigenvalue weighted by molar-refractivity contribution is 7.62. The minimum absolute atomic E-state index is 0.0373. The molecule has 0 aliphatic heterocycles. The number of rotatable bonds is 8. The highest BCUT2D eigenvalue weighted by Crippen LogP contribution is 2.47. The summed E-state index contributed by atoms with van der Waals surface area (Å²) >= 11 is 18.1. The number of halogens is 9. The van der Waals surface area contributed by atoms with Crippen molar-refractivity contribution in [2.75, 3.05) is 13.2 Å². The van der Waals surface area contributed by atoms with E-state index >= 15 is 0 Å². The molecule has 6 aromatic rings. The molecule has 0 amide bonds. The van der Waals surface area contributed by atoms with Crippen LogP contribution >= 0.6 is 50.0 Å². The fourth-order valence-electron chi connectivity index (χ4n) is 5.37. The van der Waals surface area contributed by atoms with E-state index in [2.05, 4.69) is 10.2 Å². The molecule has 2 N–H and O–H groups in total. The van der Waals surface area contributed by atoms with Crippen molar-refractivity contribution in [2.24, 2.45) is 0 Å². The first-order valence-corrected chi connectivity index (χ1v) is 19.7. The second kappa shape index (κ2) is 15.6. The van der Waals surface area contributed by atoms with E-state index in [0.29, 0.717) is 38.4 Å². The summed E-state index contributed by atoms with van der Waals surface area (Å²) in [6, 6.07) is 12.1. The Morgan fingerprint density at radius 1 is 0.667 bits per heavy atom. The number of fused-ring (bicyclic) bond motifs is 2. The van der Waals surface area contributed by atoms with Crippen LogP contribution in [0.2, 0.25) is 15.1 Å². The second-order valence-electron chi connectivity index (χ2n) is 11.4. The summed E-state index contributed by atoms with van der Waals surface area (Å²) in [7, 11) is -7.91. The van der Waals surface area contributed by atoms with Crippen molar-refractivity contribution in [3.8, 4) is 11.4 Å². The van der Waals surface area contributed by atoms with Gasteiger partial charge in [0.15, 0.2) is 0 Å². The van der Waals surface area contributed by atoms with Crippen LogP contribution in [0.25, 0.3) is 33.2 Å². The van der Waals surface area contributed by atoms with Gasteiger partial charge in [-0.1, -0.05) is 34.8 Å². The molecule has 0 radical (unpaired) electrons. The number of hydrogen-bond acceptors (Lipinski definition) is 6. The summed E-state index contributed by atoms with van der Waals surface area (Å²) in [6.45, 7) is 5.41. The molecule has 10 nitrogen and oxygen atoms in total. The smallest absolute Gasteiger partial charge is 0.321 e. The molecule has 0 aliphatic rings. The van der Waals surface area contributed by atoms with E-state index in [-0.39, 0.29) is 39.3 Å². The molecule has 4 aromatic carbocycles. The van der Waals surface area contributed by atoms with E-state index in [0.717, 1.165) is 24.3 Å². The van der Waals surface area contributed by atoms with Crippen LogP contribution in [-0.4, -0.2) is 42.6 Å². The first-order valence-electron chi connectivity index (χ1n) is 15.4. The van der Waals surface area contributed by atoms with Crippen LogP contribution in [0.5, 0.6) is 0 Å². The molecule has 54 heavy (non-hydrogen) atoms. The Morgan fingerprint density at radius 3 is 1.50 bits per heavy atom. The fraction of sp³-hybridized carbons (Fsp3) is 0.212. The van der Waals surface area contributed by atoms with Crippen molar-refractivity contribution in [3.05, 3.63) is 105 Å². The lowest BCUT2D eigenvalue weighted by Crippen LogP contribution is -2.11. The molecule has 0 unspecified atom stereocenters. The number of aromatic nitrogens is 4. The number of benzene rings is 4. The molecular formula is C33H27Cl3F6N4O6P2. The van der Waals surface area contributed by atoms with Gasteiger partial charge in [-0.2, -0.15) is 36.5 Å². The largest absolute Gasteiger partial charge is 0.416 e. The predicted octanol–water partition coefficient (Wildman–Crippen LogP) is 10.1. The van der Waals surface area contributed by atoms with Crippen LogP contribution in [0, 0.1) is 6.92 Å². The third-order valence-corrected chi connectivity index (χ3v) is 11.6. The zero-order valence-electron chi connectivity index (χ0n) is 28.0. The second-order valence-corrected chi connectivity index (χ2v) is 16.2. The maximum atomic E-state index is 13.0. The molecule has 0 bridgehead atoms. The fourth-order valence-corrected chi connectivity index (χ4v) is 8.55. The highest BCUT2D eigenvalue weighted by atomic mass is 35.5. The molecule has 288 valence electrons. The third kappa shape index (κ3) is 8.67. The van der Waals surface area contributed by atoms with Gasteiger partial charge in [-0.3, -0.25) is 9.13 Å². The molecule has 0 saturated heterocycles. The van der Waals surface area contributed by atoms with Gasteiger partial charge in [-0.25, -0.2) is 9.36 Å². The first kappa shape index (κ1) is 41.7. The number of nitrogens with zero attached hydrogens (tertiary/aromatic N) is 4. The van der Waals surface area contributed by atoms with Crippen LogP contribution < -0.4 is 10.6 Å². The SMILES string of the molecule is CCOP(=O)(OCC)c1ccc2c(cnn2-c2c(C)cc(C(F)(F)F)cc2Cl)c1.O=P(O)(O)c1ccc2c(cnn2-c2c(Cl)cc(C(F)(F)F)cc2Cl)c1. The molecule has 0 saturated carbocycles. The maximum absolute atomic E-state index is 13.0. The summed E-state index contributed by atoms with van der Waals surface area (Å²) in [6.07, 6.45) is -6.27. The van der Waals surface area contributed by atoms with Crippen molar-refractivity contribution in [3.63, 3.8) is 0 Å². The van der Waals surface area contributed by atoms with Crippen LogP contribution in [-0.2, 0) is 30.5 Å². The zero-order chi connectivity index (χ0) is 40.0. The molecule has 6 rings (SSSR count). The quantitative estimate of drug-likeness (QED) is 0.114. The molecule has 0 aliphatic carbocycles. The topological polar surface area (TPSA) is 129 Å². The predicted molar refractivity (Wildman–Crippen MR) is 194 cm³/mol. The maximum Gasteiger partial charge on any atom is 0.416 e. The summed E-state index contributed by atoms with van der Waals surface area (Å²) in [5.74, 6) is 0. The number of aryl methyl sites for hydroxylation is 1. The molecule has 0 fully saturated rings. The summed E-state index contributed by atoms with van der Waals surface area (Å²) in [4.78, 5) is 18.4. The normalized spacial score (nSPS) is 12.7. The molecule has 21 heteroatoms. The van der Waals surface area contributed by atoms with Crippen molar-refractivity contribution in [2.45, 2.75) is 33.1 Å². The van der Waals surface area contributed by atoms with Gasteiger partial charge in [0.1, 0.15) is 5.69 Å². The van der Waals surface area contributed by atoms with E-state index < -0.39 is 38.7 Å². The Morgan fingerprint density at radius 2 is 1.07 bits per heavy atom. The lowest BCUT2D eigenvalue weighted by Gasteiger charge is -2.17. The van der Waals surface area contributed by atoms with Gasteiger partial charge >= 0.3 is 27.5 Å². The van der Waals surface area contributed by atoms with Crippen molar-refractivity contribution < 1.29 is 54.3 Å². The molecular weight excluding hydrogens is 831 g/mol. The zero-order valence-corrected chi connectivity index (χ0v) is 32.0. The first-order chi connectivity index (χ1) is 25.1. The van der Waals surface area contributed by atoms with Gasteiger partial charge in [-0.05, 0) is 87.0 Å². The van der Waals surface area contributed by atoms with E-state index in [4.69, 9.17) is 43.9 Å². The molecule has 2 heterocycles. The van der Waals surface area contributed by atoms with Gasteiger partial charge < -0.3 is 18.8 Å². The monoisotopic (exact) mass is 856 g/mol. The van der Waals surface area contributed by atoms with Crippen molar-refractivity contribution in [1.82, 2.24) is 19.6 Å². The van der Waals surface area contributed by atoms with Crippen LogP contribution in [0.15, 0.2) is 73.1 Å². The summed E-state index contributed by atoms with van der Waals surface area (Å²) in [5.41, 5.74) is -0.133.